The fourth-order valence-corrected chi connectivity index (χ4v) is 5.77. The molecule has 1 N–H and O–H groups in total. The Bertz CT molecular complexity index is 1230. The second-order valence-electron chi connectivity index (χ2n) is 7.11. The van der Waals surface area contributed by atoms with E-state index in [-0.39, 0.29) is 23.5 Å². The van der Waals surface area contributed by atoms with E-state index >= 15 is 0 Å². The number of hydrogen-bond donors (Lipinski definition) is 1. The molecule has 1 amide bonds. The van der Waals surface area contributed by atoms with Gasteiger partial charge in [-0.15, -0.1) is 0 Å². The van der Waals surface area contributed by atoms with Gasteiger partial charge >= 0.3 is 5.97 Å². The lowest BCUT2D eigenvalue weighted by Crippen LogP contribution is -2.40. The number of carbonyl (C=O) groups excluding carboxylic acids is 2. The van der Waals surface area contributed by atoms with E-state index in [9.17, 15) is 18.0 Å². The van der Waals surface area contributed by atoms with Crippen LogP contribution in [0.3, 0.4) is 0 Å². The zero-order valence-corrected chi connectivity index (χ0v) is 18.9. The fraction of sp³-hybridized carbons (Fsp3) is 0.286. The first-order valence-electron chi connectivity index (χ1n) is 9.86. The van der Waals surface area contributed by atoms with Gasteiger partial charge in [0.25, 0.3) is 5.91 Å². The summed E-state index contributed by atoms with van der Waals surface area (Å²) in [7, 11) is -3.77. The van der Waals surface area contributed by atoms with Crippen LogP contribution >= 0.6 is 11.3 Å². The second-order valence-corrected chi connectivity index (χ2v) is 10.0. The molecule has 1 aromatic heterocycles. The maximum atomic E-state index is 13.0. The number of nitrogens with zero attached hydrogens (tertiary/aromatic N) is 2. The van der Waals surface area contributed by atoms with Gasteiger partial charge < -0.3 is 9.47 Å². The highest BCUT2D eigenvalue weighted by Gasteiger charge is 2.28. The van der Waals surface area contributed by atoms with Gasteiger partial charge in [-0.1, -0.05) is 29.5 Å². The molecule has 0 aliphatic carbocycles. The van der Waals surface area contributed by atoms with Crippen LogP contribution in [0.5, 0.6) is 0 Å². The first kappa shape index (κ1) is 22.3. The average Bonchev–Trinajstić information content (AvgIpc) is 3.20. The summed E-state index contributed by atoms with van der Waals surface area (Å²) >= 11 is 1.31. The lowest BCUT2D eigenvalue weighted by atomic mass is 10.1. The Labute approximate surface area is 189 Å². The third kappa shape index (κ3) is 4.80. The lowest BCUT2D eigenvalue weighted by Gasteiger charge is -2.26. The van der Waals surface area contributed by atoms with Crippen molar-refractivity contribution in [2.24, 2.45) is 0 Å². The van der Waals surface area contributed by atoms with Gasteiger partial charge in [-0.25, -0.2) is 18.2 Å². The number of aryl methyl sites for hydroxylation is 1. The van der Waals surface area contributed by atoms with E-state index in [1.165, 1.54) is 27.8 Å². The summed E-state index contributed by atoms with van der Waals surface area (Å²) in [6, 6.07) is 11.8. The van der Waals surface area contributed by atoms with Crippen molar-refractivity contribution in [2.75, 3.05) is 38.2 Å². The monoisotopic (exact) mass is 475 g/mol. The van der Waals surface area contributed by atoms with E-state index in [1.807, 2.05) is 24.3 Å². The van der Waals surface area contributed by atoms with E-state index in [4.69, 9.17) is 9.47 Å². The molecule has 0 saturated carbocycles. The number of sulfonamides is 1. The molecule has 2 aromatic carbocycles. The zero-order chi connectivity index (χ0) is 22.7. The highest BCUT2D eigenvalue weighted by Crippen LogP contribution is 2.25. The molecule has 1 aliphatic rings. The normalized spacial score (nSPS) is 14.9. The standard InChI is InChI=1S/C21H21N3O6S2/c1-14-6-7-15(12-18(14)32(27,28)24-8-10-29-11-9-24)20(26)30-13-19(25)23-21-22-16-4-2-3-5-17(16)31-21/h2-7,12H,8-11,13H2,1H3,(H,22,23,25). The molecule has 9 nitrogen and oxygen atoms in total. The average molecular weight is 476 g/mol. The van der Waals surface area contributed by atoms with E-state index in [0.29, 0.717) is 23.9 Å². The Balaban J connectivity index is 1.41. The maximum absolute atomic E-state index is 13.0. The quantitative estimate of drug-likeness (QED) is 0.545. The number of nitrogens with one attached hydrogen (secondary N) is 1. The molecular formula is C21H21N3O6S2. The van der Waals surface area contributed by atoms with Gasteiger partial charge in [0.15, 0.2) is 11.7 Å². The number of para-hydroxylation sites is 1. The van der Waals surface area contributed by atoms with Crippen LogP contribution in [0.2, 0.25) is 0 Å². The topological polar surface area (TPSA) is 115 Å². The van der Waals surface area contributed by atoms with E-state index in [1.54, 1.807) is 13.0 Å². The number of aromatic nitrogens is 1. The Kier molecular flexibility index (Phi) is 6.51. The first-order chi connectivity index (χ1) is 15.3. The Morgan fingerprint density at radius 3 is 2.69 bits per heavy atom. The molecule has 1 saturated heterocycles. The Morgan fingerprint density at radius 2 is 1.94 bits per heavy atom. The van der Waals surface area contributed by atoms with Gasteiger partial charge in [-0.05, 0) is 36.8 Å². The number of fused-ring (bicyclic) bond motifs is 1. The smallest absolute Gasteiger partial charge is 0.338 e. The van der Waals surface area contributed by atoms with Gasteiger partial charge in [-0.2, -0.15) is 4.31 Å². The van der Waals surface area contributed by atoms with Gasteiger partial charge in [0.1, 0.15) is 0 Å². The highest BCUT2D eigenvalue weighted by atomic mass is 32.2. The highest BCUT2D eigenvalue weighted by molar-refractivity contribution is 7.89. The SMILES string of the molecule is Cc1ccc(C(=O)OCC(=O)Nc2nc3ccccc3s2)cc1S(=O)(=O)N1CCOCC1. The summed E-state index contributed by atoms with van der Waals surface area (Å²) in [5.41, 5.74) is 1.33. The molecule has 0 bridgehead atoms. The van der Waals surface area contributed by atoms with Crippen LogP contribution in [0, 0.1) is 6.92 Å². The van der Waals surface area contributed by atoms with Crippen molar-refractivity contribution in [3.8, 4) is 0 Å². The fourth-order valence-electron chi connectivity index (χ4n) is 3.23. The van der Waals surface area contributed by atoms with Crippen LogP contribution in [0.4, 0.5) is 5.13 Å². The molecule has 1 aliphatic heterocycles. The van der Waals surface area contributed by atoms with Crippen LogP contribution < -0.4 is 5.32 Å². The first-order valence-corrected chi connectivity index (χ1v) is 12.1. The molecule has 168 valence electrons. The van der Waals surface area contributed by atoms with Gasteiger partial charge in [0, 0.05) is 13.1 Å². The number of anilines is 1. The van der Waals surface area contributed by atoms with Gasteiger partial charge in [-0.3, -0.25) is 10.1 Å². The summed E-state index contributed by atoms with van der Waals surface area (Å²) in [6.07, 6.45) is 0. The summed E-state index contributed by atoms with van der Waals surface area (Å²) in [6.45, 7) is 2.29. The van der Waals surface area contributed by atoms with Crippen molar-refractivity contribution in [1.29, 1.82) is 0 Å². The summed E-state index contributed by atoms with van der Waals surface area (Å²) in [5, 5.41) is 3.01. The Hall–Kier alpha value is -2.86. The molecule has 0 unspecified atom stereocenters. The molecule has 32 heavy (non-hydrogen) atoms. The number of carbonyl (C=O) groups is 2. The number of ether oxygens (including phenoxy) is 2. The minimum atomic E-state index is -3.77. The minimum Gasteiger partial charge on any atom is -0.452 e. The number of thiazole rings is 1. The number of rotatable bonds is 6. The molecule has 11 heteroatoms. The maximum Gasteiger partial charge on any atom is 0.338 e. The number of morpholine rings is 1. The van der Waals surface area contributed by atoms with Crippen molar-refractivity contribution in [2.45, 2.75) is 11.8 Å². The van der Waals surface area contributed by atoms with E-state index < -0.39 is 28.5 Å². The van der Waals surface area contributed by atoms with E-state index in [2.05, 4.69) is 10.3 Å². The molecule has 3 aromatic rings. The van der Waals surface area contributed by atoms with Crippen LogP contribution in [-0.2, 0) is 24.3 Å². The lowest BCUT2D eigenvalue weighted by molar-refractivity contribution is -0.119. The van der Waals surface area contributed by atoms with Crippen molar-refractivity contribution in [3.05, 3.63) is 53.6 Å². The third-order valence-electron chi connectivity index (χ3n) is 4.89. The zero-order valence-electron chi connectivity index (χ0n) is 17.2. The molecule has 0 spiro atoms. The second kappa shape index (κ2) is 9.33. The van der Waals surface area contributed by atoms with Crippen LogP contribution in [0.1, 0.15) is 15.9 Å². The van der Waals surface area contributed by atoms with Crippen LogP contribution in [-0.4, -0.2) is 62.5 Å². The largest absolute Gasteiger partial charge is 0.452 e. The van der Waals surface area contributed by atoms with Crippen molar-refractivity contribution in [3.63, 3.8) is 0 Å². The predicted octanol–water partition coefficient (Wildman–Crippen LogP) is 2.42. The number of amides is 1. The number of benzene rings is 2. The molecule has 4 rings (SSSR count). The number of hydrogen-bond acceptors (Lipinski definition) is 8. The molecule has 0 radical (unpaired) electrons. The number of esters is 1. The molecule has 2 heterocycles. The van der Waals surface area contributed by atoms with Crippen molar-refractivity contribution in [1.82, 2.24) is 9.29 Å². The van der Waals surface area contributed by atoms with Crippen molar-refractivity contribution < 1.29 is 27.5 Å². The molecule has 0 atom stereocenters. The van der Waals surface area contributed by atoms with Crippen LogP contribution in [0.15, 0.2) is 47.4 Å². The van der Waals surface area contributed by atoms with E-state index in [0.717, 1.165) is 10.2 Å². The molecular weight excluding hydrogens is 454 g/mol. The van der Waals surface area contributed by atoms with Gasteiger partial charge in [0.2, 0.25) is 10.0 Å². The van der Waals surface area contributed by atoms with Gasteiger partial charge in [0.05, 0.1) is 33.9 Å². The predicted molar refractivity (Wildman–Crippen MR) is 119 cm³/mol. The molecule has 1 fully saturated rings. The minimum absolute atomic E-state index is 0.0350. The van der Waals surface area contributed by atoms with Crippen LogP contribution in [0.25, 0.3) is 10.2 Å². The Morgan fingerprint density at radius 1 is 1.19 bits per heavy atom. The summed E-state index contributed by atoms with van der Waals surface area (Å²) < 4.78 is 38.5. The summed E-state index contributed by atoms with van der Waals surface area (Å²) in [4.78, 5) is 29.0. The summed E-state index contributed by atoms with van der Waals surface area (Å²) in [5.74, 6) is -1.33. The van der Waals surface area contributed by atoms with Crippen molar-refractivity contribution >= 4 is 48.6 Å². The third-order valence-corrected chi connectivity index (χ3v) is 7.88.